The highest BCUT2D eigenvalue weighted by Crippen LogP contribution is 2.16. The Labute approximate surface area is 123 Å². The first-order chi connectivity index (χ1) is 8.92. The molecule has 0 aliphatic heterocycles. The fourth-order valence-corrected chi connectivity index (χ4v) is 3.01. The number of hydrogen-bond acceptors (Lipinski definition) is 4. The van der Waals surface area contributed by atoms with Crippen molar-refractivity contribution in [2.45, 2.75) is 39.3 Å². The van der Waals surface area contributed by atoms with Crippen LogP contribution in [0.15, 0.2) is 12.1 Å². The molecule has 0 radical (unpaired) electrons. The number of rotatable bonds is 6. The summed E-state index contributed by atoms with van der Waals surface area (Å²) in [5, 5.41) is 5.48. The normalized spacial score (nSPS) is 13.7. The summed E-state index contributed by atoms with van der Waals surface area (Å²) in [5.41, 5.74) is 0. The molecule has 2 N–H and O–H groups in total. The van der Waals surface area contributed by atoms with E-state index in [-0.39, 0.29) is 23.6 Å². The van der Waals surface area contributed by atoms with Gasteiger partial charge in [-0.05, 0) is 26.0 Å². The predicted octanol–water partition coefficient (Wildman–Crippen LogP) is 1.54. The molecular weight excluding hydrogens is 280 g/mol. The van der Waals surface area contributed by atoms with Gasteiger partial charge in [0.1, 0.15) is 6.04 Å². The summed E-state index contributed by atoms with van der Waals surface area (Å²) in [6.45, 7) is 5.41. The Morgan fingerprint density at radius 1 is 1.37 bits per heavy atom. The van der Waals surface area contributed by atoms with E-state index in [9.17, 15) is 9.59 Å². The van der Waals surface area contributed by atoms with Crippen LogP contribution in [0, 0.1) is 6.92 Å². The van der Waals surface area contributed by atoms with Gasteiger partial charge in [0.25, 0.3) is 0 Å². The smallest absolute Gasteiger partial charge is 0.243 e. The average Bonchev–Trinajstić information content (AvgIpc) is 2.70. The van der Waals surface area contributed by atoms with E-state index >= 15 is 0 Å². The molecule has 2 unspecified atom stereocenters. The third kappa shape index (κ3) is 5.65. The van der Waals surface area contributed by atoms with E-state index in [0.29, 0.717) is 0 Å². The van der Waals surface area contributed by atoms with Crippen molar-refractivity contribution in [3.8, 4) is 0 Å². The molecule has 0 aromatic carbocycles. The van der Waals surface area contributed by atoms with Gasteiger partial charge in [0.05, 0.1) is 0 Å². The van der Waals surface area contributed by atoms with Gasteiger partial charge < -0.3 is 10.6 Å². The van der Waals surface area contributed by atoms with Crippen LogP contribution < -0.4 is 10.6 Å². The molecule has 0 saturated heterocycles. The van der Waals surface area contributed by atoms with Crippen molar-refractivity contribution in [1.82, 2.24) is 10.6 Å². The summed E-state index contributed by atoms with van der Waals surface area (Å²) in [6.07, 6.45) is 0.795. The summed E-state index contributed by atoms with van der Waals surface area (Å²) >= 11 is 5.81. The van der Waals surface area contributed by atoms with Crippen LogP contribution in [0.4, 0.5) is 0 Å². The maximum Gasteiger partial charge on any atom is 0.243 e. The molecule has 0 aliphatic rings. The molecule has 0 bridgehead atoms. The summed E-state index contributed by atoms with van der Waals surface area (Å²) in [4.78, 5) is 25.4. The lowest BCUT2D eigenvalue weighted by atomic mass is 10.2. The average molecular weight is 300 g/mol. The molecule has 6 heteroatoms. The zero-order chi connectivity index (χ0) is 14.4. The van der Waals surface area contributed by atoms with Gasteiger partial charge in [-0.15, -0.1) is 11.3 Å². The largest absolute Gasteiger partial charge is 0.351 e. The third-order valence-corrected chi connectivity index (χ3v) is 3.96. The van der Waals surface area contributed by atoms with Crippen molar-refractivity contribution in [3.05, 3.63) is 21.9 Å². The highest BCUT2D eigenvalue weighted by Gasteiger charge is 2.19. The van der Waals surface area contributed by atoms with E-state index in [1.807, 2.05) is 6.92 Å². The molecule has 2 amide bonds. The molecule has 0 aliphatic carbocycles. The van der Waals surface area contributed by atoms with Crippen LogP contribution in [0.1, 0.15) is 23.6 Å². The molecule has 0 fully saturated rings. The number of carbonyl (C=O) groups is 2. The van der Waals surface area contributed by atoms with Crippen LogP contribution in [-0.4, -0.2) is 29.7 Å². The van der Waals surface area contributed by atoms with E-state index in [0.717, 1.165) is 6.42 Å². The van der Waals surface area contributed by atoms with E-state index in [2.05, 4.69) is 42.3 Å². The van der Waals surface area contributed by atoms with E-state index in [1.54, 1.807) is 11.3 Å². The monoisotopic (exact) mass is 300 g/mol. The number of aryl methyl sites for hydroxylation is 1. The predicted molar refractivity (Wildman–Crippen MR) is 81.8 cm³/mol. The molecular formula is C13H20N2O2S2. The number of amides is 2. The van der Waals surface area contributed by atoms with Crippen molar-refractivity contribution >= 4 is 35.8 Å². The van der Waals surface area contributed by atoms with E-state index in [1.165, 1.54) is 16.7 Å². The Kier molecular flexibility index (Phi) is 6.37. The third-order valence-electron chi connectivity index (χ3n) is 2.57. The first kappa shape index (κ1) is 16.0. The van der Waals surface area contributed by atoms with Gasteiger partial charge >= 0.3 is 0 Å². The number of thiophene rings is 1. The standard InChI is InChI=1S/C13H20N2O2S2/c1-8(6-11-5-4-9(2)19-11)14-13(17)12(7-18)15-10(3)16/h4-5,8,12,18H,6-7H2,1-3H3,(H,14,17)(H,15,16). The van der Waals surface area contributed by atoms with Crippen LogP contribution >= 0.6 is 24.0 Å². The second kappa shape index (κ2) is 7.55. The zero-order valence-corrected chi connectivity index (χ0v) is 13.1. The molecule has 1 rings (SSSR count). The minimum absolute atomic E-state index is 0.0293. The summed E-state index contributed by atoms with van der Waals surface area (Å²) in [7, 11) is 0. The number of carbonyl (C=O) groups excluding carboxylic acids is 2. The topological polar surface area (TPSA) is 58.2 Å². The highest BCUT2D eigenvalue weighted by atomic mass is 32.1. The van der Waals surface area contributed by atoms with Crippen molar-refractivity contribution in [3.63, 3.8) is 0 Å². The van der Waals surface area contributed by atoms with Crippen LogP contribution in [-0.2, 0) is 16.0 Å². The van der Waals surface area contributed by atoms with Gasteiger partial charge in [-0.25, -0.2) is 0 Å². The fourth-order valence-electron chi connectivity index (χ4n) is 1.73. The van der Waals surface area contributed by atoms with Crippen LogP contribution in [0.2, 0.25) is 0 Å². The Morgan fingerprint density at radius 2 is 2.05 bits per heavy atom. The molecule has 2 atom stereocenters. The Hall–Kier alpha value is -1.01. The van der Waals surface area contributed by atoms with Gasteiger partial charge in [0.15, 0.2) is 0 Å². The molecule has 1 heterocycles. The maximum atomic E-state index is 11.9. The summed E-state index contributed by atoms with van der Waals surface area (Å²) in [6, 6.07) is 3.60. The second-order valence-electron chi connectivity index (χ2n) is 4.56. The first-order valence-corrected chi connectivity index (χ1v) is 7.61. The molecule has 4 nitrogen and oxygen atoms in total. The number of nitrogens with one attached hydrogen (secondary N) is 2. The van der Waals surface area contributed by atoms with Crippen molar-refractivity contribution in [1.29, 1.82) is 0 Å². The molecule has 0 spiro atoms. The van der Waals surface area contributed by atoms with Crippen molar-refractivity contribution in [2.75, 3.05) is 5.75 Å². The summed E-state index contributed by atoms with van der Waals surface area (Å²) in [5.74, 6) is -0.127. The molecule has 1 aromatic heterocycles. The molecule has 1 aromatic rings. The first-order valence-electron chi connectivity index (χ1n) is 6.16. The van der Waals surface area contributed by atoms with Crippen LogP contribution in [0.3, 0.4) is 0 Å². The van der Waals surface area contributed by atoms with Gasteiger partial charge in [0.2, 0.25) is 11.8 Å². The molecule has 106 valence electrons. The van der Waals surface area contributed by atoms with Gasteiger partial charge in [-0.2, -0.15) is 12.6 Å². The number of thiol groups is 1. The van der Waals surface area contributed by atoms with Crippen molar-refractivity contribution < 1.29 is 9.59 Å². The highest BCUT2D eigenvalue weighted by molar-refractivity contribution is 7.80. The van der Waals surface area contributed by atoms with Gasteiger partial charge in [-0.1, -0.05) is 0 Å². The minimum Gasteiger partial charge on any atom is -0.351 e. The lowest BCUT2D eigenvalue weighted by Gasteiger charge is -2.19. The number of hydrogen-bond donors (Lipinski definition) is 3. The Balaban J connectivity index is 2.48. The Bertz CT molecular complexity index is 446. The van der Waals surface area contributed by atoms with Crippen LogP contribution in [0.5, 0.6) is 0 Å². The van der Waals surface area contributed by atoms with Crippen LogP contribution in [0.25, 0.3) is 0 Å². The fraction of sp³-hybridized carbons (Fsp3) is 0.538. The SMILES string of the molecule is CC(=O)NC(CS)C(=O)NC(C)Cc1ccc(C)s1. The van der Waals surface area contributed by atoms with E-state index < -0.39 is 6.04 Å². The lowest BCUT2D eigenvalue weighted by Crippen LogP contribution is -2.49. The Morgan fingerprint density at radius 3 is 2.53 bits per heavy atom. The van der Waals surface area contributed by atoms with Crippen molar-refractivity contribution in [2.24, 2.45) is 0 Å². The minimum atomic E-state index is -0.576. The summed E-state index contributed by atoms with van der Waals surface area (Å²) < 4.78 is 0. The lowest BCUT2D eigenvalue weighted by molar-refractivity contribution is -0.127. The maximum absolute atomic E-state index is 11.9. The zero-order valence-electron chi connectivity index (χ0n) is 11.4. The van der Waals surface area contributed by atoms with Gasteiger partial charge in [0, 0.05) is 34.9 Å². The van der Waals surface area contributed by atoms with Gasteiger partial charge in [-0.3, -0.25) is 9.59 Å². The second-order valence-corrected chi connectivity index (χ2v) is 6.30. The quantitative estimate of drug-likeness (QED) is 0.698. The molecule has 19 heavy (non-hydrogen) atoms. The van der Waals surface area contributed by atoms with E-state index in [4.69, 9.17) is 0 Å². The molecule has 0 saturated carbocycles.